The van der Waals surface area contributed by atoms with Gasteiger partial charge in [-0.3, -0.25) is 4.90 Å². The van der Waals surface area contributed by atoms with Crippen LogP contribution < -0.4 is 5.32 Å². The van der Waals surface area contributed by atoms with Gasteiger partial charge in [0.1, 0.15) is 0 Å². The zero-order chi connectivity index (χ0) is 14.9. The molecule has 3 fully saturated rings. The number of hydrogen-bond acceptors (Lipinski definition) is 2. The maximum Gasteiger partial charge on any atom is 0.0129 e. The minimum atomic E-state index is 0.476. The molecule has 0 amide bonds. The Morgan fingerprint density at radius 2 is 1.71 bits per heavy atom. The fourth-order valence-corrected chi connectivity index (χ4v) is 5.34. The van der Waals surface area contributed by atoms with Gasteiger partial charge in [0.15, 0.2) is 0 Å². The van der Waals surface area contributed by atoms with Gasteiger partial charge in [-0.05, 0) is 68.9 Å². The number of piperidine rings is 1. The lowest BCUT2D eigenvalue weighted by atomic mass is 9.68. The molecule has 0 bridgehead atoms. The smallest absolute Gasteiger partial charge is 0.0129 e. The van der Waals surface area contributed by atoms with Crippen LogP contribution in [0.3, 0.4) is 0 Å². The second-order valence-electron chi connectivity index (χ2n) is 8.92. The second kappa shape index (κ2) is 6.58. The Kier molecular flexibility index (Phi) is 4.95. The quantitative estimate of drug-likeness (QED) is 0.826. The van der Waals surface area contributed by atoms with Gasteiger partial charge in [-0.1, -0.05) is 33.6 Å². The van der Waals surface area contributed by atoms with Crippen LogP contribution in [0, 0.1) is 17.3 Å². The topological polar surface area (TPSA) is 15.3 Å². The molecule has 0 spiro atoms. The molecule has 2 aliphatic heterocycles. The molecule has 0 radical (unpaired) electrons. The monoisotopic (exact) mass is 292 g/mol. The summed E-state index contributed by atoms with van der Waals surface area (Å²) in [6.45, 7) is 11.4. The molecule has 3 aliphatic rings. The van der Waals surface area contributed by atoms with E-state index in [2.05, 4.69) is 31.0 Å². The summed E-state index contributed by atoms with van der Waals surface area (Å²) in [5, 5.41) is 3.76. The molecule has 122 valence electrons. The van der Waals surface area contributed by atoms with E-state index in [1.807, 2.05) is 0 Å². The first kappa shape index (κ1) is 15.8. The van der Waals surface area contributed by atoms with E-state index >= 15 is 0 Å². The van der Waals surface area contributed by atoms with Gasteiger partial charge in [0, 0.05) is 18.6 Å². The summed E-state index contributed by atoms with van der Waals surface area (Å²) < 4.78 is 0. The second-order valence-corrected chi connectivity index (χ2v) is 8.92. The molecule has 21 heavy (non-hydrogen) atoms. The molecule has 1 aliphatic carbocycles. The molecule has 2 nitrogen and oxygen atoms in total. The number of likely N-dealkylation sites (tertiary alicyclic amines) is 1. The maximum atomic E-state index is 3.76. The molecule has 2 saturated heterocycles. The molecule has 4 atom stereocenters. The average molecular weight is 293 g/mol. The molecule has 0 aromatic heterocycles. The average Bonchev–Trinajstić information content (AvgIpc) is 3.01. The van der Waals surface area contributed by atoms with Gasteiger partial charge >= 0.3 is 0 Å². The number of nitrogens with zero attached hydrogens (tertiary/aromatic N) is 1. The molecule has 0 aromatic carbocycles. The van der Waals surface area contributed by atoms with Crippen molar-refractivity contribution in [1.82, 2.24) is 10.2 Å². The third-order valence-electron chi connectivity index (χ3n) is 6.47. The minimum Gasteiger partial charge on any atom is -0.314 e. The van der Waals surface area contributed by atoms with E-state index in [0.717, 1.165) is 23.9 Å². The lowest BCUT2D eigenvalue weighted by Crippen LogP contribution is -2.52. The van der Waals surface area contributed by atoms with E-state index in [9.17, 15) is 0 Å². The maximum absolute atomic E-state index is 3.76. The Balaban J connectivity index is 1.66. The first-order chi connectivity index (χ1) is 10.1. The Bertz CT molecular complexity index is 327. The molecule has 4 unspecified atom stereocenters. The molecule has 1 N–H and O–H groups in total. The van der Waals surface area contributed by atoms with Crippen molar-refractivity contribution in [2.24, 2.45) is 17.3 Å². The van der Waals surface area contributed by atoms with Crippen LogP contribution in [0.1, 0.15) is 72.1 Å². The van der Waals surface area contributed by atoms with E-state index in [4.69, 9.17) is 0 Å². The van der Waals surface area contributed by atoms with Crippen LogP contribution in [0.2, 0.25) is 0 Å². The van der Waals surface area contributed by atoms with Crippen LogP contribution >= 0.6 is 0 Å². The van der Waals surface area contributed by atoms with Gasteiger partial charge in [0.25, 0.3) is 0 Å². The van der Waals surface area contributed by atoms with Crippen LogP contribution in [0.4, 0.5) is 0 Å². The summed E-state index contributed by atoms with van der Waals surface area (Å²) in [5.74, 6) is 1.82. The highest BCUT2D eigenvalue weighted by atomic mass is 15.2. The van der Waals surface area contributed by atoms with E-state index in [1.54, 1.807) is 0 Å². The predicted octanol–water partition coefficient (Wildman–Crippen LogP) is 4.06. The Morgan fingerprint density at radius 3 is 2.43 bits per heavy atom. The highest BCUT2D eigenvalue weighted by Crippen LogP contribution is 2.41. The SMILES string of the molecule is CC(C)(C)C1CCCCC1N1CCCC(C2CCCN2)C1. The van der Waals surface area contributed by atoms with Crippen molar-refractivity contribution in [3.63, 3.8) is 0 Å². The van der Waals surface area contributed by atoms with Gasteiger partial charge < -0.3 is 5.32 Å². The van der Waals surface area contributed by atoms with Gasteiger partial charge in [0.05, 0.1) is 0 Å². The number of hydrogen-bond donors (Lipinski definition) is 1. The van der Waals surface area contributed by atoms with Crippen LogP contribution in [0.15, 0.2) is 0 Å². The predicted molar refractivity (Wildman–Crippen MR) is 90.5 cm³/mol. The lowest BCUT2D eigenvalue weighted by molar-refractivity contribution is 0.0119. The summed E-state index contributed by atoms with van der Waals surface area (Å²) >= 11 is 0. The third kappa shape index (κ3) is 3.64. The zero-order valence-corrected chi connectivity index (χ0v) is 14.5. The van der Waals surface area contributed by atoms with E-state index < -0.39 is 0 Å². The molecule has 2 heterocycles. The number of nitrogens with one attached hydrogen (secondary N) is 1. The summed E-state index contributed by atoms with van der Waals surface area (Å²) in [5.41, 5.74) is 0.476. The summed E-state index contributed by atoms with van der Waals surface area (Å²) in [6.07, 6.45) is 11.5. The summed E-state index contributed by atoms with van der Waals surface area (Å²) in [6, 6.07) is 1.69. The van der Waals surface area contributed by atoms with Crippen LogP contribution in [-0.2, 0) is 0 Å². The highest BCUT2D eigenvalue weighted by molar-refractivity contribution is 4.94. The van der Waals surface area contributed by atoms with E-state index in [1.165, 1.54) is 71.0 Å². The van der Waals surface area contributed by atoms with Crippen molar-refractivity contribution in [3.8, 4) is 0 Å². The van der Waals surface area contributed by atoms with Gasteiger partial charge in [-0.25, -0.2) is 0 Å². The summed E-state index contributed by atoms with van der Waals surface area (Å²) in [4.78, 5) is 2.91. The highest BCUT2D eigenvalue weighted by Gasteiger charge is 2.39. The van der Waals surface area contributed by atoms with E-state index in [-0.39, 0.29) is 0 Å². The van der Waals surface area contributed by atoms with Crippen LogP contribution in [0.5, 0.6) is 0 Å². The fraction of sp³-hybridized carbons (Fsp3) is 1.00. The van der Waals surface area contributed by atoms with Crippen molar-refractivity contribution >= 4 is 0 Å². The first-order valence-corrected chi connectivity index (χ1v) is 9.53. The van der Waals surface area contributed by atoms with Crippen molar-refractivity contribution in [3.05, 3.63) is 0 Å². The van der Waals surface area contributed by atoms with E-state index in [0.29, 0.717) is 5.41 Å². The van der Waals surface area contributed by atoms with Gasteiger partial charge in [0.2, 0.25) is 0 Å². The molecular formula is C19H36N2. The van der Waals surface area contributed by atoms with Crippen molar-refractivity contribution in [1.29, 1.82) is 0 Å². The Labute approximate surface area is 132 Å². The number of rotatable bonds is 2. The van der Waals surface area contributed by atoms with Crippen LogP contribution in [0.25, 0.3) is 0 Å². The Morgan fingerprint density at radius 1 is 0.905 bits per heavy atom. The first-order valence-electron chi connectivity index (χ1n) is 9.53. The van der Waals surface area contributed by atoms with Gasteiger partial charge in [-0.15, -0.1) is 0 Å². The molecule has 0 aromatic rings. The minimum absolute atomic E-state index is 0.476. The zero-order valence-electron chi connectivity index (χ0n) is 14.5. The molecule has 1 saturated carbocycles. The Hall–Kier alpha value is -0.0800. The normalized spacial score (nSPS) is 39.6. The van der Waals surface area contributed by atoms with Crippen LogP contribution in [-0.4, -0.2) is 36.6 Å². The van der Waals surface area contributed by atoms with Crippen molar-refractivity contribution < 1.29 is 0 Å². The molecular weight excluding hydrogens is 256 g/mol. The molecule has 2 heteroatoms. The standard InChI is InChI=1S/C19H36N2/c1-19(2,3)16-9-4-5-11-18(16)21-13-7-8-15(14-21)17-10-6-12-20-17/h15-18,20H,4-14H2,1-3H3. The fourth-order valence-electron chi connectivity index (χ4n) is 5.34. The molecule has 3 rings (SSSR count). The van der Waals surface area contributed by atoms with Crippen molar-refractivity contribution in [2.75, 3.05) is 19.6 Å². The van der Waals surface area contributed by atoms with Gasteiger partial charge in [-0.2, -0.15) is 0 Å². The largest absolute Gasteiger partial charge is 0.314 e. The summed E-state index contributed by atoms with van der Waals surface area (Å²) in [7, 11) is 0. The third-order valence-corrected chi connectivity index (χ3v) is 6.47. The lowest BCUT2D eigenvalue weighted by Gasteiger charge is -2.49. The van der Waals surface area contributed by atoms with Crippen molar-refractivity contribution in [2.45, 2.75) is 84.2 Å².